The molecule has 0 saturated carbocycles. The number of fused-ring (bicyclic) bond motifs is 8. The second kappa shape index (κ2) is 18.3. The number of aromatic nitrogens is 1. The van der Waals surface area contributed by atoms with Crippen LogP contribution in [0.3, 0.4) is 0 Å². The first-order valence-electron chi connectivity index (χ1n) is 27.7. The Bertz CT molecular complexity index is 4290. The van der Waals surface area contributed by atoms with Gasteiger partial charge in [0.1, 0.15) is 0 Å². The summed E-state index contributed by atoms with van der Waals surface area (Å²) in [6.07, 6.45) is 0. The molecule has 0 N–H and O–H groups in total. The summed E-state index contributed by atoms with van der Waals surface area (Å²) >= 11 is 0. The predicted octanol–water partition coefficient (Wildman–Crippen LogP) is 16.3. The second-order valence-electron chi connectivity index (χ2n) is 21.9. The Kier molecular flexibility index (Phi) is 10.8. The van der Waals surface area contributed by atoms with Gasteiger partial charge in [-0.2, -0.15) is 0 Å². The normalized spacial score (nSPS) is 13.9. The summed E-state index contributed by atoms with van der Waals surface area (Å²) in [5.41, 5.74) is 18.8. The van der Waals surface area contributed by atoms with Crippen molar-refractivity contribution in [2.24, 2.45) is 0 Å². The number of hydrogen-bond donors (Lipinski definition) is 0. The van der Waals surface area contributed by atoms with Gasteiger partial charge in [-0.25, -0.2) is 0 Å². The molecular weight excluding hydrogens is 969 g/mol. The Hall–Kier alpha value is -9.54. The maximum atomic E-state index is 2.62. The van der Waals surface area contributed by atoms with Crippen LogP contribution in [0.25, 0.3) is 49.7 Å². The van der Waals surface area contributed by atoms with Crippen LogP contribution in [0, 0.1) is 0 Å². The molecule has 1 aliphatic carbocycles. The van der Waals surface area contributed by atoms with Crippen molar-refractivity contribution < 1.29 is 0 Å². The fourth-order valence-electron chi connectivity index (χ4n) is 14.2. The lowest BCUT2D eigenvalue weighted by atomic mass is 9.68. The fraction of sp³-hybridized carbons (Fsp3) is 0.0526. The molecule has 2 heterocycles. The molecule has 2 aliphatic rings. The van der Waals surface area contributed by atoms with Gasteiger partial charge in [0.25, 0.3) is 0 Å². The SMILES string of the molecule is CC1(C)c2ccccc2N(c2cc(-c3ccccc3-n3c4ccccc4c4ccccc43)cc([Si](c3ccccc3)(c3ccccc3)c3cccc(C4(c5ccccc5)c5ccccc5-c5ccccc54)c3)c2)c2ccccc21. The molecule has 0 fully saturated rings. The molecular formula is C76H56N2Si. The van der Waals surface area contributed by atoms with Crippen molar-refractivity contribution in [1.82, 2.24) is 4.57 Å². The van der Waals surface area contributed by atoms with E-state index in [1.165, 1.54) is 98.4 Å². The molecule has 13 aromatic rings. The lowest BCUT2D eigenvalue weighted by Crippen LogP contribution is -2.75. The molecule has 0 saturated heterocycles. The highest BCUT2D eigenvalue weighted by molar-refractivity contribution is 7.20. The fourth-order valence-corrected chi connectivity index (χ4v) is 19.1. The largest absolute Gasteiger partial charge is 0.310 e. The van der Waals surface area contributed by atoms with Gasteiger partial charge in [0.2, 0.25) is 0 Å². The van der Waals surface area contributed by atoms with Crippen molar-refractivity contribution in [2.75, 3.05) is 4.90 Å². The Morgan fingerprint density at radius 2 is 0.734 bits per heavy atom. The number of para-hydroxylation sites is 5. The third kappa shape index (κ3) is 6.89. The number of anilines is 3. The molecule has 0 spiro atoms. The minimum atomic E-state index is -3.37. The predicted molar refractivity (Wildman–Crippen MR) is 334 cm³/mol. The van der Waals surface area contributed by atoms with Gasteiger partial charge in [0, 0.05) is 27.4 Å². The highest BCUT2D eigenvalue weighted by Gasteiger charge is 2.48. The Balaban J connectivity index is 1.08. The third-order valence-electron chi connectivity index (χ3n) is 17.6. The van der Waals surface area contributed by atoms with Gasteiger partial charge >= 0.3 is 0 Å². The van der Waals surface area contributed by atoms with Crippen LogP contribution in [-0.2, 0) is 10.8 Å². The molecule has 1 aromatic heterocycles. The highest BCUT2D eigenvalue weighted by atomic mass is 28.3. The molecule has 79 heavy (non-hydrogen) atoms. The number of rotatable bonds is 9. The first-order valence-corrected chi connectivity index (χ1v) is 29.7. The molecule has 0 bridgehead atoms. The standard InChI is InChI=1S/C76H56N2Si/c1-75(2)68-42-19-24-47-73(68)77(74-48-25-20-43-69(74)75)56-49-53(61-35-14-21-44-70(61)78-71-45-22-15-38-64(71)65-39-16-23-46-72(65)78)50-60(52-56)79(57-30-8-4-9-31-57,58-32-10-5-11-33-58)59-34-26-29-55(51-59)76(54-27-6-3-7-28-54)66-40-17-12-36-62(66)63-37-13-18-41-67(63)76/h3-52H,1-2H3. The molecule has 374 valence electrons. The van der Waals surface area contributed by atoms with Gasteiger partial charge < -0.3 is 9.47 Å². The van der Waals surface area contributed by atoms with E-state index < -0.39 is 13.5 Å². The summed E-state index contributed by atoms with van der Waals surface area (Å²) in [4.78, 5) is 2.56. The van der Waals surface area contributed by atoms with E-state index in [0.717, 1.165) is 22.5 Å². The van der Waals surface area contributed by atoms with Crippen LogP contribution in [0.15, 0.2) is 303 Å². The molecule has 3 heteroatoms. The van der Waals surface area contributed by atoms with Crippen LogP contribution in [0.5, 0.6) is 0 Å². The highest BCUT2D eigenvalue weighted by Crippen LogP contribution is 2.56. The molecule has 0 amide bonds. The molecule has 1 aliphatic heterocycles. The molecule has 2 nitrogen and oxygen atoms in total. The Labute approximate surface area is 463 Å². The maximum Gasteiger partial charge on any atom is 0.179 e. The van der Waals surface area contributed by atoms with E-state index in [9.17, 15) is 0 Å². The first kappa shape index (κ1) is 46.7. The summed E-state index contributed by atoms with van der Waals surface area (Å²) in [6.45, 7) is 4.76. The average Bonchev–Trinajstić information content (AvgIpc) is 4.08. The zero-order chi connectivity index (χ0) is 52.7. The van der Waals surface area contributed by atoms with Crippen LogP contribution in [0.1, 0.15) is 47.2 Å². The lowest BCUT2D eigenvalue weighted by Gasteiger charge is -2.43. The van der Waals surface area contributed by atoms with E-state index in [4.69, 9.17) is 0 Å². The summed E-state index contributed by atoms with van der Waals surface area (Å²) < 4.78 is 2.49. The van der Waals surface area contributed by atoms with Crippen LogP contribution >= 0.6 is 0 Å². The molecule has 0 unspecified atom stereocenters. The van der Waals surface area contributed by atoms with Gasteiger partial charge in [-0.05, 0) is 113 Å². The van der Waals surface area contributed by atoms with E-state index in [1.54, 1.807) is 0 Å². The van der Waals surface area contributed by atoms with Crippen molar-refractivity contribution in [2.45, 2.75) is 24.7 Å². The average molecular weight is 1030 g/mol. The monoisotopic (exact) mass is 1020 g/mol. The van der Waals surface area contributed by atoms with E-state index in [2.05, 4.69) is 327 Å². The minimum absolute atomic E-state index is 0.230. The van der Waals surface area contributed by atoms with Crippen molar-refractivity contribution in [1.29, 1.82) is 0 Å². The Morgan fingerprint density at radius 1 is 0.304 bits per heavy atom. The topological polar surface area (TPSA) is 8.17 Å². The number of hydrogen-bond acceptors (Lipinski definition) is 1. The third-order valence-corrected chi connectivity index (χ3v) is 22.3. The van der Waals surface area contributed by atoms with E-state index >= 15 is 0 Å². The van der Waals surface area contributed by atoms with Gasteiger partial charge in [0.15, 0.2) is 8.07 Å². The maximum absolute atomic E-state index is 3.37. The van der Waals surface area contributed by atoms with E-state index in [-0.39, 0.29) is 5.41 Å². The summed E-state index contributed by atoms with van der Waals surface area (Å²) in [5, 5.41) is 7.74. The van der Waals surface area contributed by atoms with Crippen LogP contribution in [0.4, 0.5) is 17.1 Å². The number of benzene rings is 12. The smallest absolute Gasteiger partial charge is 0.179 e. The van der Waals surface area contributed by atoms with Gasteiger partial charge in [-0.1, -0.05) is 275 Å². The van der Waals surface area contributed by atoms with Gasteiger partial charge in [-0.15, -0.1) is 0 Å². The van der Waals surface area contributed by atoms with Crippen molar-refractivity contribution in [3.8, 4) is 27.9 Å². The van der Waals surface area contributed by atoms with Crippen molar-refractivity contribution in [3.63, 3.8) is 0 Å². The summed E-state index contributed by atoms with van der Waals surface area (Å²) in [6, 6.07) is 115. The molecule has 15 rings (SSSR count). The minimum Gasteiger partial charge on any atom is -0.310 e. The molecule has 0 atom stereocenters. The second-order valence-corrected chi connectivity index (χ2v) is 25.7. The van der Waals surface area contributed by atoms with Crippen LogP contribution < -0.4 is 25.6 Å². The quantitative estimate of drug-likeness (QED) is 0.103. The van der Waals surface area contributed by atoms with Crippen LogP contribution in [-0.4, -0.2) is 12.6 Å². The van der Waals surface area contributed by atoms with E-state index in [0.29, 0.717) is 0 Å². The summed E-state index contributed by atoms with van der Waals surface area (Å²) in [5.74, 6) is 0. The van der Waals surface area contributed by atoms with E-state index in [1.807, 2.05) is 0 Å². The zero-order valence-electron chi connectivity index (χ0n) is 44.3. The van der Waals surface area contributed by atoms with Crippen molar-refractivity contribution in [3.05, 3.63) is 337 Å². The van der Waals surface area contributed by atoms with Crippen molar-refractivity contribution >= 4 is 67.7 Å². The van der Waals surface area contributed by atoms with Gasteiger partial charge in [-0.3, -0.25) is 0 Å². The first-order chi connectivity index (χ1) is 39.0. The van der Waals surface area contributed by atoms with Gasteiger partial charge in [0.05, 0.1) is 33.5 Å². The Morgan fingerprint density at radius 3 is 1.30 bits per heavy atom. The molecule has 0 radical (unpaired) electrons. The lowest BCUT2D eigenvalue weighted by molar-refractivity contribution is 0.632. The van der Waals surface area contributed by atoms with Crippen LogP contribution in [0.2, 0.25) is 0 Å². The number of nitrogens with zero attached hydrogens (tertiary/aromatic N) is 2. The summed E-state index contributed by atoms with van der Waals surface area (Å²) in [7, 11) is -3.37. The zero-order valence-corrected chi connectivity index (χ0v) is 45.3. The molecule has 12 aromatic carbocycles.